The van der Waals surface area contributed by atoms with E-state index in [9.17, 15) is 28.4 Å². The van der Waals surface area contributed by atoms with Crippen LogP contribution in [0.15, 0.2) is 54.6 Å². The maximum absolute atomic E-state index is 13.1. The Morgan fingerprint density at radius 2 is 1.50 bits per heavy atom. The topological polar surface area (TPSA) is 161 Å². The second-order valence-electron chi connectivity index (χ2n) is 10.4. The summed E-state index contributed by atoms with van der Waals surface area (Å²) in [6.45, 7) is 3.57. The number of carbonyl (C=O) groups excluding carboxylic acids is 5. The first-order valence-electron chi connectivity index (χ1n) is 13.4. The molecule has 0 aromatic heterocycles. The monoisotopic (exact) mass is 554 g/mol. The number of halogens is 1. The van der Waals surface area contributed by atoms with Crippen LogP contribution >= 0.6 is 0 Å². The zero-order valence-corrected chi connectivity index (χ0v) is 23.0. The van der Waals surface area contributed by atoms with E-state index in [1.165, 1.54) is 24.3 Å². The van der Waals surface area contributed by atoms with Crippen molar-refractivity contribution in [1.82, 2.24) is 10.6 Å². The zero-order chi connectivity index (χ0) is 29.7. The molecular formula is C30H39FN4O5. The van der Waals surface area contributed by atoms with Crippen molar-refractivity contribution in [2.45, 2.75) is 64.5 Å². The predicted octanol–water partition coefficient (Wildman–Crippen LogP) is 2.00. The summed E-state index contributed by atoms with van der Waals surface area (Å²) < 4.78 is 13.0. The van der Waals surface area contributed by atoms with Gasteiger partial charge in [0.25, 0.3) is 0 Å². The minimum atomic E-state index is -0.925. The fourth-order valence-corrected chi connectivity index (χ4v) is 4.24. The van der Waals surface area contributed by atoms with E-state index in [-0.39, 0.29) is 56.1 Å². The van der Waals surface area contributed by atoms with Gasteiger partial charge >= 0.3 is 0 Å². The summed E-state index contributed by atoms with van der Waals surface area (Å²) in [5.41, 5.74) is 12.9. The number of hydrogen-bond donors (Lipinski definition) is 4. The minimum Gasteiger partial charge on any atom is -0.369 e. The van der Waals surface area contributed by atoms with E-state index in [1.54, 1.807) is 0 Å². The number of nitrogens with one attached hydrogen (secondary N) is 2. The van der Waals surface area contributed by atoms with Gasteiger partial charge in [-0.2, -0.15) is 0 Å². The van der Waals surface area contributed by atoms with E-state index in [0.717, 1.165) is 5.56 Å². The van der Waals surface area contributed by atoms with Crippen molar-refractivity contribution < 1.29 is 28.4 Å². The van der Waals surface area contributed by atoms with Crippen molar-refractivity contribution in [2.24, 2.45) is 23.3 Å². The van der Waals surface area contributed by atoms with Crippen LogP contribution in [0.25, 0.3) is 0 Å². The third-order valence-electron chi connectivity index (χ3n) is 6.41. The molecule has 2 aromatic carbocycles. The van der Waals surface area contributed by atoms with Gasteiger partial charge in [-0.1, -0.05) is 56.3 Å². The van der Waals surface area contributed by atoms with Crippen molar-refractivity contribution in [3.63, 3.8) is 0 Å². The highest BCUT2D eigenvalue weighted by Gasteiger charge is 2.27. The molecule has 216 valence electrons. The van der Waals surface area contributed by atoms with Gasteiger partial charge in [-0.3, -0.25) is 24.0 Å². The Hall–Kier alpha value is -3.92. The van der Waals surface area contributed by atoms with Crippen LogP contribution in [-0.4, -0.2) is 47.9 Å². The van der Waals surface area contributed by atoms with Crippen LogP contribution in [0.2, 0.25) is 0 Å². The standard InChI is InChI=1S/C30H39FN4O5/c1-19(2)14-22(29(33)39)17-27(37)26(16-20-6-4-3-5-7-20)35-28(38)13-12-24(36)18-34-30(40)25(32)15-21-8-10-23(31)11-9-21/h3-11,19,22,25-26H,12-18,32H2,1-2H3,(H2,33,39)(H,34,40)(H,35,38)/t22-,25+,26+/m1/s1. The Morgan fingerprint density at radius 1 is 0.875 bits per heavy atom. The summed E-state index contributed by atoms with van der Waals surface area (Å²) in [7, 11) is 0. The first-order chi connectivity index (χ1) is 18.9. The SMILES string of the molecule is CC(C)C[C@H](CC(=O)[C@H](Cc1ccccc1)NC(=O)CCC(=O)CNC(=O)[C@@H](N)Cc1ccc(F)cc1)C(N)=O. The van der Waals surface area contributed by atoms with Crippen molar-refractivity contribution in [1.29, 1.82) is 0 Å². The number of nitrogens with two attached hydrogens (primary N) is 2. The van der Waals surface area contributed by atoms with E-state index < -0.39 is 41.5 Å². The molecule has 6 N–H and O–H groups in total. The Balaban J connectivity index is 1.88. The third-order valence-corrected chi connectivity index (χ3v) is 6.41. The van der Waals surface area contributed by atoms with Crippen LogP contribution in [0.5, 0.6) is 0 Å². The lowest BCUT2D eigenvalue weighted by Crippen LogP contribution is -2.45. The molecule has 10 heteroatoms. The maximum atomic E-state index is 13.1. The van der Waals surface area contributed by atoms with E-state index in [4.69, 9.17) is 11.5 Å². The first-order valence-corrected chi connectivity index (χ1v) is 13.4. The van der Waals surface area contributed by atoms with Crippen LogP contribution in [0, 0.1) is 17.7 Å². The molecule has 0 radical (unpaired) electrons. The van der Waals surface area contributed by atoms with E-state index in [2.05, 4.69) is 10.6 Å². The normalized spacial score (nSPS) is 13.2. The molecule has 0 aliphatic rings. The quantitative estimate of drug-likeness (QED) is 0.234. The molecule has 40 heavy (non-hydrogen) atoms. The lowest BCUT2D eigenvalue weighted by molar-refractivity contribution is -0.131. The van der Waals surface area contributed by atoms with Crippen LogP contribution in [0.3, 0.4) is 0 Å². The summed E-state index contributed by atoms with van der Waals surface area (Å²) in [4.78, 5) is 62.3. The largest absolute Gasteiger partial charge is 0.369 e. The van der Waals surface area contributed by atoms with Gasteiger partial charge in [0, 0.05) is 25.2 Å². The third kappa shape index (κ3) is 11.9. The molecule has 0 heterocycles. The summed E-state index contributed by atoms with van der Waals surface area (Å²) in [5.74, 6) is -3.16. The van der Waals surface area contributed by atoms with Crippen molar-refractivity contribution >= 4 is 29.3 Å². The molecule has 2 aromatic rings. The molecule has 0 saturated carbocycles. The number of rotatable bonds is 17. The number of hydrogen-bond acceptors (Lipinski definition) is 6. The number of carbonyl (C=O) groups is 5. The molecule has 0 aliphatic carbocycles. The van der Waals surface area contributed by atoms with Crippen molar-refractivity contribution in [2.75, 3.05) is 6.54 Å². The lowest BCUT2D eigenvalue weighted by Gasteiger charge is -2.21. The van der Waals surface area contributed by atoms with Crippen molar-refractivity contribution in [3.8, 4) is 0 Å². The van der Waals surface area contributed by atoms with E-state index in [0.29, 0.717) is 12.0 Å². The molecule has 0 aliphatic heterocycles. The van der Waals surface area contributed by atoms with Crippen LogP contribution < -0.4 is 22.1 Å². The van der Waals surface area contributed by atoms with Crippen molar-refractivity contribution in [3.05, 3.63) is 71.5 Å². The lowest BCUT2D eigenvalue weighted by atomic mass is 9.88. The van der Waals surface area contributed by atoms with Gasteiger partial charge < -0.3 is 22.1 Å². The van der Waals surface area contributed by atoms with Crippen LogP contribution in [0.1, 0.15) is 50.7 Å². The fraction of sp³-hybridized carbons (Fsp3) is 0.433. The molecule has 3 amide bonds. The van der Waals surface area contributed by atoms with Gasteiger partial charge in [-0.05, 0) is 48.4 Å². The highest BCUT2D eigenvalue weighted by Crippen LogP contribution is 2.18. The number of primary amides is 1. The molecule has 0 spiro atoms. The smallest absolute Gasteiger partial charge is 0.237 e. The molecule has 3 atom stereocenters. The molecule has 0 bridgehead atoms. The summed E-state index contributed by atoms with van der Waals surface area (Å²) in [5, 5.41) is 5.17. The number of ketones is 2. The first kappa shape index (κ1) is 32.3. The van der Waals surface area contributed by atoms with Crippen LogP contribution in [-0.2, 0) is 36.8 Å². The number of benzene rings is 2. The predicted molar refractivity (Wildman–Crippen MR) is 149 cm³/mol. The molecule has 0 saturated heterocycles. The highest BCUT2D eigenvalue weighted by molar-refractivity contribution is 5.94. The van der Waals surface area contributed by atoms with Gasteiger partial charge in [-0.25, -0.2) is 4.39 Å². The summed E-state index contributed by atoms with van der Waals surface area (Å²) >= 11 is 0. The second-order valence-corrected chi connectivity index (χ2v) is 10.4. The number of Topliss-reactive ketones (excluding diaryl/α,β-unsaturated/α-hetero) is 2. The molecule has 9 nitrogen and oxygen atoms in total. The van der Waals surface area contributed by atoms with E-state index in [1.807, 2.05) is 44.2 Å². The number of amides is 3. The average Bonchev–Trinajstić information content (AvgIpc) is 2.91. The maximum Gasteiger partial charge on any atom is 0.237 e. The average molecular weight is 555 g/mol. The highest BCUT2D eigenvalue weighted by atomic mass is 19.1. The summed E-state index contributed by atoms with van der Waals surface area (Å²) in [6, 6.07) is 12.9. The Bertz CT molecular complexity index is 1150. The van der Waals surface area contributed by atoms with E-state index >= 15 is 0 Å². The molecule has 0 unspecified atom stereocenters. The Morgan fingerprint density at radius 3 is 2.10 bits per heavy atom. The molecular weight excluding hydrogens is 515 g/mol. The van der Waals surface area contributed by atoms with Gasteiger partial charge in [0.2, 0.25) is 17.7 Å². The second kappa shape index (κ2) is 16.2. The summed E-state index contributed by atoms with van der Waals surface area (Å²) in [6.07, 6.45) is 0.445. The van der Waals surface area contributed by atoms with Gasteiger partial charge in [0.15, 0.2) is 11.6 Å². The Kier molecular flexibility index (Phi) is 13.1. The fourth-order valence-electron chi connectivity index (χ4n) is 4.24. The molecule has 2 rings (SSSR count). The van der Waals surface area contributed by atoms with Crippen LogP contribution in [0.4, 0.5) is 4.39 Å². The minimum absolute atomic E-state index is 0.0889. The zero-order valence-electron chi connectivity index (χ0n) is 23.0. The molecule has 0 fully saturated rings. The van der Waals surface area contributed by atoms with Gasteiger partial charge in [-0.15, -0.1) is 0 Å². The van der Waals surface area contributed by atoms with Gasteiger partial charge in [0.05, 0.1) is 18.6 Å². The van der Waals surface area contributed by atoms with Gasteiger partial charge in [0.1, 0.15) is 5.82 Å². The Labute approximate surface area is 234 Å².